The third-order valence-corrected chi connectivity index (χ3v) is 4.83. The Balaban J connectivity index is 1.93. The Labute approximate surface area is 92.5 Å². The van der Waals surface area contributed by atoms with Crippen LogP contribution in [0.15, 0.2) is 16.8 Å². The van der Waals surface area contributed by atoms with Gasteiger partial charge in [0.1, 0.15) is 0 Å². The quantitative estimate of drug-likeness (QED) is 0.697. The molecule has 0 spiro atoms. The molecule has 1 aromatic heterocycles. The molecular formula is C11H15BrS. The molecule has 1 heterocycles. The fraction of sp³-hybridized carbons (Fsp3) is 0.636. The fourth-order valence-corrected chi connectivity index (χ4v) is 3.56. The SMILES string of the molecule is BrC1CCCCC1Cc1ccsc1. The number of hydrogen-bond donors (Lipinski definition) is 0. The van der Waals surface area contributed by atoms with Gasteiger partial charge in [-0.3, -0.25) is 0 Å². The molecule has 1 aliphatic rings. The number of halogens is 1. The summed E-state index contributed by atoms with van der Waals surface area (Å²) in [5.41, 5.74) is 1.53. The van der Waals surface area contributed by atoms with Crippen LogP contribution >= 0.6 is 27.3 Å². The number of alkyl halides is 1. The van der Waals surface area contributed by atoms with Crippen molar-refractivity contribution in [3.05, 3.63) is 22.4 Å². The van der Waals surface area contributed by atoms with Crippen molar-refractivity contribution in [2.75, 3.05) is 0 Å². The number of thiophene rings is 1. The van der Waals surface area contributed by atoms with Gasteiger partial charge in [0.05, 0.1) is 0 Å². The Bertz CT molecular complexity index is 243. The first-order valence-corrected chi connectivity index (χ1v) is 6.87. The molecule has 2 rings (SSSR count). The minimum Gasteiger partial charge on any atom is -0.152 e. The normalized spacial score (nSPS) is 29.0. The molecule has 1 aromatic rings. The Morgan fingerprint density at radius 2 is 2.23 bits per heavy atom. The smallest absolute Gasteiger partial charge is 0.0177 e. The van der Waals surface area contributed by atoms with Gasteiger partial charge in [0.25, 0.3) is 0 Å². The third kappa shape index (κ3) is 2.57. The van der Waals surface area contributed by atoms with E-state index in [1.54, 1.807) is 0 Å². The van der Waals surface area contributed by atoms with Crippen molar-refractivity contribution < 1.29 is 0 Å². The summed E-state index contributed by atoms with van der Waals surface area (Å²) in [6, 6.07) is 2.26. The molecular weight excluding hydrogens is 244 g/mol. The molecule has 0 aromatic carbocycles. The average molecular weight is 259 g/mol. The van der Waals surface area contributed by atoms with E-state index >= 15 is 0 Å². The van der Waals surface area contributed by atoms with E-state index in [-0.39, 0.29) is 0 Å². The van der Waals surface area contributed by atoms with E-state index < -0.39 is 0 Å². The molecule has 0 bridgehead atoms. The van der Waals surface area contributed by atoms with E-state index in [1.807, 2.05) is 11.3 Å². The lowest BCUT2D eigenvalue weighted by molar-refractivity contribution is 0.373. The molecule has 0 radical (unpaired) electrons. The van der Waals surface area contributed by atoms with Crippen LogP contribution in [0.1, 0.15) is 31.2 Å². The summed E-state index contributed by atoms with van der Waals surface area (Å²) in [4.78, 5) is 0.765. The van der Waals surface area contributed by atoms with Crippen LogP contribution < -0.4 is 0 Å². The van der Waals surface area contributed by atoms with Crippen molar-refractivity contribution in [1.29, 1.82) is 0 Å². The van der Waals surface area contributed by atoms with Gasteiger partial charge >= 0.3 is 0 Å². The Kier molecular flexibility index (Phi) is 3.45. The van der Waals surface area contributed by atoms with E-state index in [2.05, 4.69) is 32.8 Å². The summed E-state index contributed by atoms with van der Waals surface area (Å²) in [6.07, 6.45) is 6.90. The zero-order chi connectivity index (χ0) is 9.10. The average Bonchev–Trinajstić information content (AvgIpc) is 2.61. The third-order valence-electron chi connectivity index (χ3n) is 2.89. The van der Waals surface area contributed by atoms with Crippen molar-refractivity contribution >= 4 is 27.3 Å². The zero-order valence-electron chi connectivity index (χ0n) is 7.71. The molecule has 2 atom stereocenters. The van der Waals surface area contributed by atoms with Crippen LogP contribution in [0.3, 0.4) is 0 Å². The highest BCUT2D eigenvalue weighted by molar-refractivity contribution is 9.09. The van der Waals surface area contributed by atoms with Crippen molar-refractivity contribution in [2.45, 2.75) is 36.9 Å². The standard InChI is InChI=1S/C11H15BrS/c12-11-4-2-1-3-10(11)7-9-5-6-13-8-9/h5-6,8,10-11H,1-4,7H2. The van der Waals surface area contributed by atoms with Crippen molar-refractivity contribution in [3.63, 3.8) is 0 Å². The van der Waals surface area contributed by atoms with Crippen molar-refractivity contribution in [3.8, 4) is 0 Å². The topological polar surface area (TPSA) is 0 Å². The maximum absolute atomic E-state index is 3.80. The zero-order valence-corrected chi connectivity index (χ0v) is 10.1. The predicted octanol–water partition coefficient (Wildman–Crippen LogP) is 4.24. The van der Waals surface area contributed by atoms with Gasteiger partial charge in [0.15, 0.2) is 0 Å². The summed E-state index contributed by atoms with van der Waals surface area (Å²) in [5.74, 6) is 0.878. The monoisotopic (exact) mass is 258 g/mol. The van der Waals surface area contributed by atoms with Gasteiger partial charge in [0, 0.05) is 4.83 Å². The molecule has 0 aliphatic heterocycles. The van der Waals surface area contributed by atoms with E-state index in [9.17, 15) is 0 Å². The van der Waals surface area contributed by atoms with Crippen LogP contribution in [0.5, 0.6) is 0 Å². The molecule has 2 unspecified atom stereocenters. The molecule has 1 fully saturated rings. The Morgan fingerprint density at radius 3 is 2.92 bits per heavy atom. The van der Waals surface area contributed by atoms with Gasteiger partial charge in [0.2, 0.25) is 0 Å². The molecule has 2 heteroatoms. The van der Waals surface area contributed by atoms with Crippen LogP contribution in [-0.4, -0.2) is 4.83 Å². The van der Waals surface area contributed by atoms with Gasteiger partial charge in [-0.25, -0.2) is 0 Å². The first-order valence-electron chi connectivity index (χ1n) is 5.01. The summed E-state index contributed by atoms with van der Waals surface area (Å²) in [6.45, 7) is 0. The van der Waals surface area contributed by atoms with Crippen LogP contribution in [-0.2, 0) is 6.42 Å². The highest BCUT2D eigenvalue weighted by Crippen LogP contribution is 2.32. The second kappa shape index (κ2) is 4.61. The summed E-state index contributed by atoms with van der Waals surface area (Å²) in [7, 11) is 0. The van der Waals surface area contributed by atoms with Gasteiger partial charge in [-0.15, -0.1) is 0 Å². The predicted molar refractivity (Wildman–Crippen MR) is 62.7 cm³/mol. The number of hydrogen-bond acceptors (Lipinski definition) is 1. The molecule has 1 saturated carbocycles. The lowest BCUT2D eigenvalue weighted by atomic mass is 9.85. The largest absolute Gasteiger partial charge is 0.152 e. The van der Waals surface area contributed by atoms with E-state index in [0.717, 1.165) is 10.7 Å². The highest BCUT2D eigenvalue weighted by atomic mass is 79.9. The van der Waals surface area contributed by atoms with E-state index in [4.69, 9.17) is 0 Å². The minimum absolute atomic E-state index is 0.765. The van der Waals surface area contributed by atoms with Gasteiger partial charge in [-0.2, -0.15) is 11.3 Å². The van der Waals surface area contributed by atoms with Crippen molar-refractivity contribution in [2.24, 2.45) is 5.92 Å². The molecule has 0 saturated heterocycles. The molecule has 13 heavy (non-hydrogen) atoms. The maximum Gasteiger partial charge on any atom is 0.0177 e. The fourth-order valence-electron chi connectivity index (χ4n) is 2.10. The van der Waals surface area contributed by atoms with Crippen LogP contribution in [0.25, 0.3) is 0 Å². The second-order valence-electron chi connectivity index (χ2n) is 3.90. The lowest BCUT2D eigenvalue weighted by Crippen LogP contribution is -2.20. The minimum atomic E-state index is 0.765. The molecule has 72 valence electrons. The number of rotatable bonds is 2. The first-order chi connectivity index (χ1) is 6.36. The van der Waals surface area contributed by atoms with Crippen LogP contribution in [0.2, 0.25) is 0 Å². The van der Waals surface area contributed by atoms with Gasteiger partial charge in [-0.05, 0) is 47.6 Å². The molecule has 0 amide bonds. The summed E-state index contributed by atoms with van der Waals surface area (Å²) in [5, 5.41) is 4.47. The van der Waals surface area contributed by atoms with Crippen LogP contribution in [0.4, 0.5) is 0 Å². The molecule has 0 nitrogen and oxygen atoms in total. The summed E-state index contributed by atoms with van der Waals surface area (Å²) < 4.78 is 0. The van der Waals surface area contributed by atoms with Crippen molar-refractivity contribution in [1.82, 2.24) is 0 Å². The molecule has 0 N–H and O–H groups in total. The summed E-state index contributed by atoms with van der Waals surface area (Å²) >= 11 is 5.62. The van der Waals surface area contributed by atoms with Gasteiger partial charge in [-0.1, -0.05) is 28.8 Å². The molecule has 1 aliphatic carbocycles. The van der Waals surface area contributed by atoms with Gasteiger partial charge < -0.3 is 0 Å². The van der Waals surface area contributed by atoms with Crippen LogP contribution in [0, 0.1) is 5.92 Å². The first kappa shape index (κ1) is 9.72. The lowest BCUT2D eigenvalue weighted by Gasteiger charge is -2.26. The second-order valence-corrected chi connectivity index (χ2v) is 5.85. The Hall–Kier alpha value is 0.180. The van der Waals surface area contributed by atoms with E-state index in [1.165, 1.54) is 37.7 Å². The Morgan fingerprint density at radius 1 is 1.38 bits per heavy atom. The van der Waals surface area contributed by atoms with E-state index in [0.29, 0.717) is 0 Å². The highest BCUT2D eigenvalue weighted by Gasteiger charge is 2.22. The maximum atomic E-state index is 3.80.